The van der Waals surface area contributed by atoms with Crippen LogP contribution < -0.4 is 0 Å². The molecule has 0 unspecified atom stereocenters. The standard InChI is InChI=1S/C32H20ClNO/c33-24-17-14-22(15-18-24)32(27-12-6-4-10-25(27)26-11-5-7-13-28(26)32)23-16-19-29-30(20-23)35-31(34-29)21-8-2-1-3-9-21/h1-20H. The summed E-state index contributed by atoms with van der Waals surface area (Å²) in [6.45, 7) is 0. The second-order valence-corrected chi connectivity index (χ2v) is 9.35. The molecule has 2 nitrogen and oxygen atoms in total. The summed E-state index contributed by atoms with van der Waals surface area (Å²) in [5.74, 6) is 0.630. The van der Waals surface area contributed by atoms with Gasteiger partial charge in [0.2, 0.25) is 5.89 Å². The van der Waals surface area contributed by atoms with E-state index in [0.717, 1.165) is 27.2 Å². The molecule has 0 amide bonds. The van der Waals surface area contributed by atoms with Crippen LogP contribution in [0, 0.1) is 0 Å². The number of nitrogens with zero attached hydrogens (tertiary/aromatic N) is 1. The van der Waals surface area contributed by atoms with Crippen LogP contribution in [0.1, 0.15) is 22.3 Å². The van der Waals surface area contributed by atoms with Gasteiger partial charge in [-0.1, -0.05) is 96.5 Å². The van der Waals surface area contributed by atoms with E-state index in [-0.39, 0.29) is 0 Å². The number of halogens is 1. The predicted octanol–water partition coefficient (Wildman–Crippen LogP) is 8.51. The minimum Gasteiger partial charge on any atom is -0.436 e. The molecule has 5 aromatic carbocycles. The van der Waals surface area contributed by atoms with Crippen molar-refractivity contribution in [1.82, 2.24) is 4.98 Å². The smallest absolute Gasteiger partial charge is 0.227 e. The fraction of sp³-hybridized carbons (Fsp3) is 0.0312. The quantitative estimate of drug-likeness (QED) is 0.259. The van der Waals surface area contributed by atoms with E-state index in [0.29, 0.717) is 5.89 Å². The third-order valence-electron chi connectivity index (χ3n) is 7.07. The maximum atomic E-state index is 6.33. The van der Waals surface area contributed by atoms with Gasteiger partial charge in [-0.05, 0) is 69.8 Å². The highest BCUT2D eigenvalue weighted by Crippen LogP contribution is 2.56. The van der Waals surface area contributed by atoms with E-state index in [9.17, 15) is 0 Å². The largest absolute Gasteiger partial charge is 0.436 e. The lowest BCUT2D eigenvalue weighted by molar-refractivity contribution is 0.618. The Hall–Kier alpha value is -4.14. The van der Waals surface area contributed by atoms with Crippen LogP contribution >= 0.6 is 11.6 Å². The maximum absolute atomic E-state index is 6.33. The van der Waals surface area contributed by atoms with Gasteiger partial charge >= 0.3 is 0 Å². The Balaban J connectivity index is 1.54. The zero-order chi connectivity index (χ0) is 23.4. The molecule has 1 aliphatic rings. The minimum absolute atomic E-state index is 0.494. The van der Waals surface area contributed by atoms with E-state index in [1.54, 1.807) is 0 Å². The van der Waals surface area contributed by atoms with Gasteiger partial charge in [-0.2, -0.15) is 0 Å². The van der Waals surface area contributed by atoms with E-state index in [2.05, 4.69) is 78.9 Å². The molecule has 35 heavy (non-hydrogen) atoms. The van der Waals surface area contributed by atoms with Crippen molar-refractivity contribution in [3.8, 4) is 22.6 Å². The molecule has 0 saturated heterocycles. The van der Waals surface area contributed by atoms with Crippen LogP contribution in [0.5, 0.6) is 0 Å². The number of hydrogen-bond acceptors (Lipinski definition) is 2. The van der Waals surface area contributed by atoms with E-state index >= 15 is 0 Å². The summed E-state index contributed by atoms with van der Waals surface area (Å²) in [4.78, 5) is 4.76. The first-order valence-corrected chi connectivity index (χ1v) is 12.0. The highest BCUT2D eigenvalue weighted by Gasteiger charge is 2.46. The Morgan fingerprint density at radius 1 is 0.600 bits per heavy atom. The second-order valence-electron chi connectivity index (χ2n) is 8.92. The van der Waals surface area contributed by atoms with Gasteiger partial charge in [0.05, 0.1) is 5.41 Å². The maximum Gasteiger partial charge on any atom is 0.227 e. The van der Waals surface area contributed by atoms with E-state index in [1.807, 2.05) is 42.5 Å². The normalized spacial score (nSPS) is 13.5. The predicted molar refractivity (Wildman–Crippen MR) is 142 cm³/mol. The number of benzene rings is 5. The summed E-state index contributed by atoms with van der Waals surface area (Å²) >= 11 is 6.33. The number of fused-ring (bicyclic) bond motifs is 4. The van der Waals surface area contributed by atoms with Crippen LogP contribution in [0.2, 0.25) is 5.02 Å². The van der Waals surface area contributed by atoms with E-state index in [1.165, 1.54) is 27.8 Å². The van der Waals surface area contributed by atoms with Crippen LogP contribution in [-0.4, -0.2) is 4.98 Å². The number of hydrogen-bond donors (Lipinski definition) is 0. The van der Waals surface area contributed by atoms with Crippen LogP contribution in [0.15, 0.2) is 126 Å². The third-order valence-corrected chi connectivity index (χ3v) is 7.32. The van der Waals surface area contributed by atoms with Crippen LogP contribution in [0.4, 0.5) is 0 Å². The third kappa shape index (κ3) is 2.94. The summed E-state index contributed by atoms with van der Waals surface area (Å²) < 4.78 is 6.30. The molecule has 0 aliphatic heterocycles. The fourth-order valence-corrected chi connectivity index (χ4v) is 5.71. The topological polar surface area (TPSA) is 26.0 Å². The van der Waals surface area contributed by atoms with Crippen molar-refractivity contribution in [3.05, 3.63) is 149 Å². The lowest BCUT2D eigenvalue weighted by Crippen LogP contribution is -2.28. The highest BCUT2D eigenvalue weighted by atomic mass is 35.5. The van der Waals surface area contributed by atoms with Crippen molar-refractivity contribution in [3.63, 3.8) is 0 Å². The zero-order valence-electron chi connectivity index (χ0n) is 18.8. The molecule has 0 N–H and O–H groups in total. The Bertz CT molecular complexity index is 1650. The molecule has 0 radical (unpaired) electrons. The second kappa shape index (κ2) is 7.69. The highest BCUT2D eigenvalue weighted by molar-refractivity contribution is 6.30. The van der Waals surface area contributed by atoms with Crippen molar-refractivity contribution in [2.45, 2.75) is 5.41 Å². The van der Waals surface area contributed by atoms with Crippen molar-refractivity contribution < 1.29 is 4.42 Å². The summed E-state index contributed by atoms with van der Waals surface area (Å²) in [7, 11) is 0. The van der Waals surface area contributed by atoms with Gasteiger partial charge in [0.1, 0.15) is 5.52 Å². The fourth-order valence-electron chi connectivity index (χ4n) is 5.59. The van der Waals surface area contributed by atoms with Crippen molar-refractivity contribution >= 4 is 22.7 Å². The summed E-state index contributed by atoms with van der Waals surface area (Å²) in [5, 5.41) is 0.724. The zero-order valence-corrected chi connectivity index (χ0v) is 19.5. The molecule has 1 heterocycles. The lowest BCUT2D eigenvalue weighted by atomic mass is 9.67. The van der Waals surface area contributed by atoms with Gasteiger partial charge in [0.15, 0.2) is 5.58 Å². The van der Waals surface area contributed by atoms with Gasteiger partial charge in [-0.15, -0.1) is 0 Å². The van der Waals surface area contributed by atoms with Crippen LogP contribution in [0.3, 0.4) is 0 Å². The van der Waals surface area contributed by atoms with Crippen LogP contribution in [0.25, 0.3) is 33.7 Å². The van der Waals surface area contributed by atoms with Crippen molar-refractivity contribution in [2.24, 2.45) is 0 Å². The molecule has 1 aromatic heterocycles. The number of aromatic nitrogens is 1. The van der Waals surface area contributed by atoms with E-state index < -0.39 is 5.41 Å². The van der Waals surface area contributed by atoms with Gasteiger partial charge in [-0.3, -0.25) is 0 Å². The molecular formula is C32H20ClNO. The molecule has 0 atom stereocenters. The van der Waals surface area contributed by atoms with E-state index in [4.69, 9.17) is 21.0 Å². The molecule has 7 rings (SSSR count). The van der Waals surface area contributed by atoms with Crippen molar-refractivity contribution in [1.29, 1.82) is 0 Å². The lowest BCUT2D eigenvalue weighted by Gasteiger charge is -2.33. The van der Waals surface area contributed by atoms with Crippen molar-refractivity contribution in [2.75, 3.05) is 0 Å². The number of oxazole rings is 1. The minimum atomic E-state index is -0.494. The molecule has 0 spiro atoms. The molecule has 1 aliphatic carbocycles. The van der Waals surface area contributed by atoms with Gasteiger partial charge < -0.3 is 4.42 Å². The molecule has 0 saturated carbocycles. The first kappa shape index (κ1) is 20.3. The Morgan fingerprint density at radius 3 is 1.89 bits per heavy atom. The average Bonchev–Trinajstić information content (AvgIpc) is 3.47. The summed E-state index contributed by atoms with van der Waals surface area (Å²) in [5.41, 5.74) is 9.41. The molecular weight excluding hydrogens is 450 g/mol. The average molecular weight is 470 g/mol. The van der Waals surface area contributed by atoms with Gasteiger partial charge in [-0.25, -0.2) is 4.98 Å². The summed E-state index contributed by atoms with van der Waals surface area (Å²) in [6.07, 6.45) is 0. The Labute approximate surface area is 208 Å². The molecule has 0 bridgehead atoms. The molecule has 166 valence electrons. The SMILES string of the molecule is Clc1ccc(C2(c3ccc4nc(-c5ccccc5)oc4c3)c3ccccc3-c3ccccc32)cc1. The monoisotopic (exact) mass is 469 g/mol. The Morgan fingerprint density at radius 2 is 1.20 bits per heavy atom. The van der Waals surface area contributed by atoms with Gasteiger partial charge in [0, 0.05) is 10.6 Å². The first-order chi connectivity index (χ1) is 17.2. The Kier molecular flexibility index (Phi) is 4.45. The first-order valence-electron chi connectivity index (χ1n) is 11.7. The van der Waals surface area contributed by atoms with Crippen LogP contribution in [-0.2, 0) is 5.41 Å². The molecule has 3 heteroatoms. The molecule has 0 fully saturated rings. The van der Waals surface area contributed by atoms with Gasteiger partial charge in [0.25, 0.3) is 0 Å². The number of rotatable bonds is 3. The summed E-state index contributed by atoms with van der Waals surface area (Å²) in [6, 6.07) is 42.0. The molecule has 6 aromatic rings.